The third-order valence-electron chi connectivity index (χ3n) is 3.02. The molecule has 20 heavy (non-hydrogen) atoms. The molecule has 5 nitrogen and oxygen atoms in total. The molecule has 1 N–H and O–H groups in total. The molecule has 0 heterocycles. The number of aliphatic hydroxyl groups excluding tert-OH is 1. The summed E-state index contributed by atoms with van der Waals surface area (Å²) in [6.07, 6.45) is -1.39. The number of methoxy groups -OCH3 is 2. The van der Waals surface area contributed by atoms with Gasteiger partial charge in [0.15, 0.2) is 17.6 Å². The second-order valence-electron chi connectivity index (χ2n) is 4.61. The number of hydrogen-bond donors (Lipinski definition) is 1. The van der Waals surface area contributed by atoms with E-state index in [0.29, 0.717) is 17.1 Å². The molecule has 0 spiro atoms. The molecule has 0 fully saturated rings. The Hall–Kier alpha value is -1.75. The van der Waals surface area contributed by atoms with Crippen molar-refractivity contribution in [1.82, 2.24) is 0 Å². The summed E-state index contributed by atoms with van der Waals surface area (Å²) in [6.45, 7) is 5.85. The molecule has 1 aromatic rings. The van der Waals surface area contributed by atoms with Crippen molar-refractivity contribution < 1.29 is 24.1 Å². The molecule has 1 rings (SSSR count). The van der Waals surface area contributed by atoms with Gasteiger partial charge in [-0.05, 0) is 24.5 Å². The smallest absolute Gasteiger partial charge is 0.339 e. The molecule has 0 radical (unpaired) electrons. The Bertz CT molecular complexity index is 468. The minimum atomic E-state index is -1.39. The SMILES string of the molecule is CCOC(=O)C(O)c1c(C(C)C)ccc(OC)c1OC. The molecule has 5 heteroatoms. The quantitative estimate of drug-likeness (QED) is 0.812. The molecule has 1 aromatic carbocycles. The van der Waals surface area contributed by atoms with Crippen molar-refractivity contribution in [3.8, 4) is 11.5 Å². The van der Waals surface area contributed by atoms with Gasteiger partial charge >= 0.3 is 5.97 Å². The highest BCUT2D eigenvalue weighted by atomic mass is 16.5. The van der Waals surface area contributed by atoms with Crippen LogP contribution in [0.4, 0.5) is 0 Å². The molecule has 0 aliphatic carbocycles. The predicted octanol–water partition coefficient (Wildman–Crippen LogP) is 2.42. The summed E-state index contributed by atoms with van der Waals surface area (Å²) < 4.78 is 15.4. The number of carbonyl (C=O) groups excluding carboxylic acids is 1. The van der Waals surface area contributed by atoms with E-state index >= 15 is 0 Å². The summed E-state index contributed by atoms with van der Waals surface area (Å²) in [6, 6.07) is 3.58. The molecule has 0 saturated carbocycles. The zero-order valence-corrected chi connectivity index (χ0v) is 12.6. The Morgan fingerprint density at radius 2 is 1.90 bits per heavy atom. The van der Waals surface area contributed by atoms with Crippen LogP contribution in [-0.4, -0.2) is 31.9 Å². The van der Waals surface area contributed by atoms with Gasteiger partial charge in [0.25, 0.3) is 0 Å². The molecule has 0 aliphatic rings. The van der Waals surface area contributed by atoms with Crippen LogP contribution in [0.25, 0.3) is 0 Å². The number of benzene rings is 1. The average Bonchev–Trinajstić information content (AvgIpc) is 2.44. The van der Waals surface area contributed by atoms with Crippen LogP contribution >= 0.6 is 0 Å². The number of aliphatic hydroxyl groups is 1. The van der Waals surface area contributed by atoms with Gasteiger partial charge in [-0.1, -0.05) is 19.9 Å². The number of esters is 1. The maximum absolute atomic E-state index is 11.8. The highest BCUT2D eigenvalue weighted by Crippen LogP contribution is 2.40. The highest BCUT2D eigenvalue weighted by Gasteiger charge is 2.28. The van der Waals surface area contributed by atoms with Gasteiger partial charge in [0.05, 0.1) is 20.8 Å². The molecule has 0 saturated heterocycles. The lowest BCUT2D eigenvalue weighted by Crippen LogP contribution is -2.18. The van der Waals surface area contributed by atoms with Crippen LogP contribution < -0.4 is 9.47 Å². The molecule has 1 unspecified atom stereocenters. The Kier molecular flexibility index (Phi) is 5.82. The van der Waals surface area contributed by atoms with Crippen molar-refractivity contribution >= 4 is 5.97 Å². The largest absolute Gasteiger partial charge is 0.493 e. The average molecular weight is 282 g/mol. The van der Waals surface area contributed by atoms with Gasteiger partial charge in [0.1, 0.15) is 0 Å². The van der Waals surface area contributed by atoms with E-state index in [0.717, 1.165) is 5.56 Å². The number of ether oxygens (including phenoxy) is 3. The molecule has 0 aromatic heterocycles. The summed E-state index contributed by atoms with van der Waals surface area (Å²) in [7, 11) is 2.98. The van der Waals surface area contributed by atoms with Gasteiger partial charge in [-0.3, -0.25) is 0 Å². The Morgan fingerprint density at radius 3 is 2.35 bits per heavy atom. The summed E-state index contributed by atoms with van der Waals surface area (Å²) in [4.78, 5) is 11.8. The van der Waals surface area contributed by atoms with Crippen molar-refractivity contribution in [2.24, 2.45) is 0 Å². The van der Waals surface area contributed by atoms with E-state index in [9.17, 15) is 9.90 Å². The van der Waals surface area contributed by atoms with Crippen molar-refractivity contribution in [1.29, 1.82) is 0 Å². The zero-order valence-electron chi connectivity index (χ0n) is 12.6. The van der Waals surface area contributed by atoms with E-state index in [2.05, 4.69) is 0 Å². The molecule has 0 aliphatic heterocycles. The van der Waals surface area contributed by atoms with E-state index < -0.39 is 12.1 Å². The van der Waals surface area contributed by atoms with Crippen LogP contribution in [0.5, 0.6) is 11.5 Å². The minimum Gasteiger partial charge on any atom is -0.493 e. The summed E-state index contributed by atoms with van der Waals surface area (Å²) >= 11 is 0. The number of hydrogen-bond acceptors (Lipinski definition) is 5. The maximum atomic E-state index is 11.8. The van der Waals surface area contributed by atoms with E-state index in [1.165, 1.54) is 14.2 Å². The Labute approximate surface area is 119 Å². The summed E-state index contributed by atoms with van der Waals surface area (Å²) in [5.74, 6) is 0.254. The van der Waals surface area contributed by atoms with E-state index in [-0.39, 0.29) is 12.5 Å². The van der Waals surface area contributed by atoms with Crippen LogP contribution in [0.2, 0.25) is 0 Å². The fourth-order valence-corrected chi connectivity index (χ4v) is 2.09. The molecule has 0 bridgehead atoms. The minimum absolute atomic E-state index is 0.119. The van der Waals surface area contributed by atoms with Crippen LogP contribution in [0.15, 0.2) is 12.1 Å². The van der Waals surface area contributed by atoms with Gasteiger partial charge < -0.3 is 19.3 Å². The van der Waals surface area contributed by atoms with E-state index in [1.54, 1.807) is 13.0 Å². The third kappa shape index (κ3) is 3.22. The van der Waals surface area contributed by atoms with Crippen LogP contribution in [-0.2, 0) is 9.53 Å². The summed E-state index contributed by atoms with van der Waals surface area (Å²) in [5, 5.41) is 10.3. The lowest BCUT2D eigenvalue weighted by Gasteiger charge is -2.21. The first-order chi connectivity index (χ1) is 9.47. The standard InChI is InChI=1S/C15H22O5/c1-6-20-15(17)13(16)12-10(9(2)3)7-8-11(18-4)14(12)19-5/h7-9,13,16H,6H2,1-5H3. The topological polar surface area (TPSA) is 65.0 Å². The third-order valence-corrected chi connectivity index (χ3v) is 3.02. The Morgan fingerprint density at radius 1 is 1.25 bits per heavy atom. The van der Waals surface area contributed by atoms with Gasteiger partial charge in [-0.2, -0.15) is 0 Å². The molecular weight excluding hydrogens is 260 g/mol. The van der Waals surface area contributed by atoms with E-state index in [1.807, 2.05) is 19.9 Å². The lowest BCUT2D eigenvalue weighted by atomic mass is 9.92. The summed E-state index contributed by atoms with van der Waals surface area (Å²) in [5.41, 5.74) is 1.23. The monoisotopic (exact) mass is 282 g/mol. The van der Waals surface area contributed by atoms with Crippen molar-refractivity contribution in [3.05, 3.63) is 23.3 Å². The fraction of sp³-hybridized carbons (Fsp3) is 0.533. The van der Waals surface area contributed by atoms with Crippen molar-refractivity contribution in [2.75, 3.05) is 20.8 Å². The van der Waals surface area contributed by atoms with Crippen molar-refractivity contribution in [3.63, 3.8) is 0 Å². The van der Waals surface area contributed by atoms with Crippen LogP contribution in [0.1, 0.15) is 43.9 Å². The van der Waals surface area contributed by atoms with Gasteiger partial charge in [-0.25, -0.2) is 4.79 Å². The normalized spacial score (nSPS) is 12.2. The second-order valence-corrected chi connectivity index (χ2v) is 4.61. The second kappa shape index (κ2) is 7.14. The molecule has 0 amide bonds. The van der Waals surface area contributed by atoms with Gasteiger partial charge in [0, 0.05) is 5.56 Å². The number of carbonyl (C=O) groups is 1. The first-order valence-corrected chi connectivity index (χ1v) is 6.57. The Balaban J connectivity index is 3.41. The first-order valence-electron chi connectivity index (χ1n) is 6.57. The predicted molar refractivity (Wildman–Crippen MR) is 75.2 cm³/mol. The van der Waals surface area contributed by atoms with Gasteiger partial charge in [0.2, 0.25) is 0 Å². The van der Waals surface area contributed by atoms with E-state index in [4.69, 9.17) is 14.2 Å². The van der Waals surface area contributed by atoms with Gasteiger partial charge in [-0.15, -0.1) is 0 Å². The molecule has 112 valence electrons. The van der Waals surface area contributed by atoms with Crippen LogP contribution in [0.3, 0.4) is 0 Å². The van der Waals surface area contributed by atoms with Crippen molar-refractivity contribution in [2.45, 2.75) is 32.8 Å². The first kappa shape index (κ1) is 16.3. The maximum Gasteiger partial charge on any atom is 0.339 e. The molecular formula is C15H22O5. The number of rotatable bonds is 6. The van der Waals surface area contributed by atoms with Crippen LogP contribution in [0, 0.1) is 0 Å². The molecule has 1 atom stereocenters. The lowest BCUT2D eigenvalue weighted by molar-refractivity contribution is -0.153. The highest BCUT2D eigenvalue weighted by molar-refractivity contribution is 5.78. The zero-order chi connectivity index (χ0) is 15.3. The fourth-order valence-electron chi connectivity index (χ4n) is 2.09.